The number of hydrogen-bond acceptors (Lipinski definition) is 3. The quantitative estimate of drug-likeness (QED) is 0.484. The Morgan fingerprint density at radius 2 is 1.79 bits per heavy atom. The lowest BCUT2D eigenvalue weighted by Gasteiger charge is -2.15. The molecule has 0 amide bonds. The van der Waals surface area contributed by atoms with E-state index in [9.17, 15) is 9.90 Å². The monoisotopic (exact) mass is 384 g/mol. The SMILES string of the molecule is Cc1c(C(=O)O)cn(Cc2cccnc2)c1-c1ccccc1Oc1ccccc1. The summed E-state index contributed by atoms with van der Waals surface area (Å²) in [5.41, 5.74) is 3.62. The van der Waals surface area contributed by atoms with Crippen molar-refractivity contribution in [2.75, 3.05) is 0 Å². The Balaban J connectivity index is 1.83. The molecule has 0 atom stereocenters. The van der Waals surface area contributed by atoms with Gasteiger partial charge >= 0.3 is 5.97 Å². The van der Waals surface area contributed by atoms with Crippen LogP contribution < -0.4 is 4.74 Å². The Morgan fingerprint density at radius 1 is 1.03 bits per heavy atom. The number of carbonyl (C=O) groups is 1. The molecular weight excluding hydrogens is 364 g/mol. The maximum absolute atomic E-state index is 11.8. The Labute approximate surface area is 168 Å². The molecule has 0 fully saturated rings. The van der Waals surface area contributed by atoms with Gasteiger partial charge in [0.25, 0.3) is 0 Å². The molecule has 0 aliphatic heterocycles. The molecular formula is C24H20N2O3. The molecule has 1 N–H and O–H groups in total. The standard InChI is InChI=1S/C24H20N2O3/c1-17-21(24(27)28)16-26(15-18-8-7-13-25-14-18)23(17)20-11-5-6-12-22(20)29-19-9-3-2-4-10-19/h2-14,16H,15H2,1H3,(H,27,28). The van der Waals surface area contributed by atoms with Crippen LogP contribution >= 0.6 is 0 Å². The van der Waals surface area contributed by atoms with Gasteiger partial charge in [-0.15, -0.1) is 0 Å². The first-order chi connectivity index (χ1) is 14.1. The van der Waals surface area contributed by atoms with Crippen molar-refractivity contribution in [2.24, 2.45) is 0 Å². The third-order valence-corrected chi connectivity index (χ3v) is 4.75. The average Bonchev–Trinajstić information content (AvgIpc) is 3.06. The number of aromatic nitrogens is 2. The highest BCUT2D eigenvalue weighted by Crippen LogP contribution is 2.37. The summed E-state index contributed by atoms with van der Waals surface area (Å²) in [6.07, 6.45) is 5.18. The second kappa shape index (κ2) is 8.02. The molecule has 4 aromatic rings. The third kappa shape index (κ3) is 3.89. The van der Waals surface area contributed by atoms with E-state index >= 15 is 0 Å². The molecule has 0 bridgehead atoms. The number of pyridine rings is 1. The number of rotatable bonds is 6. The largest absolute Gasteiger partial charge is 0.478 e. The lowest BCUT2D eigenvalue weighted by molar-refractivity contribution is 0.0696. The average molecular weight is 384 g/mol. The van der Waals surface area contributed by atoms with Gasteiger partial charge in [-0.25, -0.2) is 4.79 Å². The topological polar surface area (TPSA) is 64.3 Å². The van der Waals surface area contributed by atoms with Crippen molar-refractivity contribution < 1.29 is 14.6 Å². The number of ether oxygens (including phenoxy) is 1. The predicted molar refractivity (Wildman–Crippen MR) is 111 cm³/mol. The first-order valence-corrected chi connectivity index (χ1v) is 9.27. The number of carboxylic acid groups (broad SMARTS) is 1. The van der Waals surface area contributed by atoms with E-state index in [-0.39, 0.29) is 5.56 Å². The number of hydrogen-bond donors (Lipinski definition) is 1. The molecule has 0 saturated heterocycles. The van der Waals surface area contributed by atoms with Crippen LogP contribution in [0.4, 0.5) is 0 Å². The van der Waals surface area contributed by atoms with Gasteiger partial charge in [0.05, 0.1) is 11.3 Å². The number of carboxylic acids is 1. The maximum Gasteiger partial charge on any atom is 0.337 e. The molecule has 0 aliphatic carbocycles. The second-order valence-corrected chi connectivity index (χ2v) is 6.72. The Kier molecular flexibility index (Phi) is 5.12. The third-order valence-electron chi connectivity index (χ3n) is 4.75. The second-order valence-electron chi connectivity index (χ2n) is 6.72. The Bertz CT molecular complexity index is 1140. The number of nitrogens with zero attached hydrogens (tertiary/aromatic N) is 2. The summed E-state index contributed by atoms with van der Waals surface area (Å²) in [6, 6.07) is 21.1. The lowest BCUT2D eigenvalue weighted by atomic mass is 10.0. The summed E-state index contributed by atoms with van der Waals surface area (Å²) in [5.74, 6) is 0.445. The van der Waals surface area contributed by atoms with Crippen molar-refractivity contribution in [1.29, 1.82) is 0 Å². The minimum absolute atomic E-state index is 0.276. The van der Waals surface area contributed by atoms with Gasteiger partial charge in [0, 0.05) is 30.7 Å². The van der Waals surface area contributed by atoms with Crippen molar-refractivity contribution in [3.8, 4) is 22.8 Å². The number of benzene rings is 2. The zero-order chi connectivity index (χ0) is 20.2. The molecule has 144 valence electrons. The van der Waals surface area contributed by atoms with Crippen LogP contribution in [0.15, 0.2) is 85.3 Å². The van der Waals surface area contributed by atoms with Crippen molar-refractivity contribution >= 4 is 5.97 Å². The molecule has 4 rings (SSSR count). The molecule has 0 aliphatic rings. The van der Waals surface area contributed by atoms with Crippen molar-refractivity contribution in [3.05, 3.63) is 102 Å². The van der Waals surface area contributed by atoms with Crippen LogP contribution in [0.25, 0.3) is 11.3 Å². The minimum Gasteiger partial charge on any atom is -0.478 e. The summed E-state index contributed by atoms with van der Waals surface area (Å²) in [4.78, 5) is 16.0. The van der Waals surface area contributed by atoms with Crippen LogP contribution in [0.3, 0.4) is 0 Å². The smallest absolute Gasteiger partial charge is 0.337 e. The van der Waals surface area contributed by atoms with Crippen LogP contribution in [0.1, 0.15) is 21.5 Å². The van der Waals surface area contributed by atoms with Gasteiger partial charge in [0.1, 0.15) is 11.5 Å². The summed E-state index contributed by atoms with van der Waals surface area (Å²) in [5, 5.41) is 9.66. The van der Waals surface area contributed by atoms with Crippen molar-refractivity contribution in [3.63, 3.8) is 0 Å². The van der Waals surface area contributed by atoms with Gasteiger partial charge in [-0.3, -0.25) is 4.98 Å². The molecule has 0 unspecified atom stereocenters. The van der Waals surface area contributed by atoms with Gasteiger partial charge in [-0.2, -0.15) is 0 Å². The van der Waals surface area contributed by atoms with Crippen LogP contribution in [0.2, 0.25) is 0 Å². The summed E-state index contributed by atoms with van der Waals surface area (Å²) in [7, 11) is 0. The van der Waals surface area contributed by atoms with E-state index in [0.29, 0.717) is 17.9 Å². The predicted octanol–water partition coefficient (Wildman–Crippen LogP) is 5.40. The summed E-state index contributed by atoms with van der Waals surface area (Å²) in [6.45, 7) is 2.34. The lowest BCUT2D eigenvalue weighted by Crippen LogP contribution is -2.02. The van der Waals surface area contributed by atoms with Crippen molar-refractivity contribution in [2.45, 2.75) is 13.5 Å². The fourth-order valence-corrected chi connectivity index (χ4v) is 3.41. The number of para-hydroxylation sites is 2. The zero-order valence-electron chi connectivity index (χ0n) is 15.9. The fraction of sp³-hybridized carbons (Fsp3) is 0.0833. The zero-order valence-corrected chi connectivity index (χ0v) is 15.9. The van der Waals surface area contributed by atoms with E-state index < -0.39 is 5.97 Å². The van der Waals surface area contributed by atoms with Crippen LogP contribution in [-0.2, 0) is 6.54 Å². The summed E-state index contributed by atoms with van der Waals surface area (Å²) < 4.78 is 8.07. The molecule has 2 heterocycles. The van der Waals surface area contributed by atoms with Gasteiger partial charge in [-0.05, 0) is 48.4 Å². The normalized spacial score (nSPS) is 10.7. The molecule has 0 radical (unpaired) electrons. The molecule has 5 heteroatoms. The van der Waals surface area contributed by atoms with Crippen LogP contribution in [0, 0.1) is 6.92 Å². The van der Waals surface area contributed by atoms with E-state index in [1.54, 1.807) is 18.6 Å². The van der Waals surface area contributed by atoms with E-state index in [2.05, 4.69) is 4.98 Å². The molecule has 0 spiro atoms. The molecule has 2 aromatic carbocycles. The first-order valence-electron chi connectivity index (χ1n) is 9.27. The first kappa shape index (κ1) is 18.5. The van der Waals surface area contributed by atoms with Gasteiger partial charge in [0.15, 0.2) is 0 Å². The molecule has 2 aromatic heterocycles. The Hall–Kier alpha value is -3.86. The van der Waals surface area contributed by atoms with Crippen molar-refractivity contribution in [1.82, 2.24) is 9.55 Å². The van der Waals surface area contributed by atoms with E-state index in [0.717, 1.165) is 22.6 Å². The van der Waals surface area contributed by atoms with Gasteiger partial charge in [0.2, 0.25) is 0 Å². The highest BCUT2D eigenvalue weighted by molar-refractivity contribution is 5.92. The molecule has 29 heavy (non-hydrogen) atoms. The minimum atomic E-state index is -0.949. The molecule has 5 nitrogen and oxygen atoms in total. The fourth-order valence-electron chi connectivity index (χ4n) is 3.41. The van der Waals surface area contributed by atoms with E-state index in [1.807, 2.05) is 78.2 Å². The molecule has 0 saturated carbocycles. The van der Waals surface area contributed by atoms with Gasteiger partial charge in [-0.1, -0.05) is 36.4 Å². The van der Waals surface area contributed by atoms with Gasteiger partial charge < -0.3 is 14.4 Å². The highest BCUT2D eigenvalue weighted by atomic mass is 16.5. The summed E-state index contributed by atoms with van der Waals surface area (Å²) >= 11 is 0. The highest BCUT2D eigenvalue weighted by Gasteiger charge is 2.21. The number of aromatic carboxylic acids is 1. The van der Waals surface area contributed by atoms with E-state index in [1.165, 1.54) is 0 Å². The van der Waals surface area contributed by atoms with E-state index in [4.69, 9.17) is 4.74 Å². The Morgan fingerprint density at radius 3 is 2.52 bits per heavy atom. The van der Waals surface area contributed by atoms with Crippen LogP contribution in [-0.4, -0.2) is 20.6 Å². The van der Waals surface area contributed by atoms with Crippen LogP contribution in [0.5, 0.6) is 11.5 Å². The maximum atomic E-state index is 11.8.